The zero-order valence-corrected chi connectivity index (χ0v) is 14.4. The molecule has 1 aliphatic rings. The number of nitrogens with one attached hydrogen (secondary N) is 1. The Hall–Kier alpha value is -2.08. The molecular formula is C17H21N3O2S. The molecule has 23 heavy (non-hydrogen) atoms. The highest BCUT2D eigenvalue weighted by Crippen LogP contribution is 2.32. The van der Waals surface area contributed by atoms with Crippen molar-refractivity contribution < 1.29 is 9.53 Å². The number of fused-ring (bicyclic) bond motifs is 1. The lowest BCUT2D eigenvalue weighted by atomic mass is 10.2. The molecule has 5 nitrogen and oxygen atoms in total. The average molecular weight is 331 g/mol. The normalized spacial score (nSPS) is 13.8. The van der Waals surface area contributed by atoms with Crippen molar-refractivity contribution in [3.8, 4) is 16.3 Å². The lowest BCUT2D eigenvalue weighted by Gasteiger charge is -2.27. The van der Waals surface area contributed by atoms with Crippen LogP contribution in [0.2, 0.25) is 0 Å². The van der Waals surface area contributed by atoms with Crippen LogP contribution in [0, 0.1) is 0 Å². The quantitative estimate of drug-likeness (QED) is 0.939. The van der Waals surface area contributed by atoms with E-state index in [2.05, 4.69) is 5.32 Å². The minimum atomic E-state index is 0.00467. The van der Waals surface area contributed by atoms with Gasteiger partial charge in [-0.1, -0.05) is 0 Å². The number of amides is 2. The number of hydrogen-bond donors (Lipinski definition) is 1. The van der Waals surface area contributed by atoms with Crippen LogP contribution < -0.4 is 10.1 Å². The van der Waals surface area contributed by atoms with Crippen LogP contribution in [0.15, 0.2) is 24.3 Å². The van der Waals surface area contributed by atoms with Gasteiger partial charge in [0.1, 0.15) is 10.8 Å². The molecule has 0 spiro atoms. The Morgan fingerprint density at radius 2 is 2.09 bits per heavy atom. The molecule has 1 aromatic carbocycles. The zero-order chi connectivity index (χ0) is 16.4. The van der Waals surface area contributed by atoms with Crippen molar-refractivity contribution in [3.05, 3.63) is 34.8 Å². The summed E-state index contributed by atoms with van der Waals surface area (Å²) in [5.74, 6) is 0.839. The summed E-state index contributed by atoms with van der Waals surface area (Å²) < 4.78 is 5.19. The first kappa shape index (κ1) is 15.8. The number of benzene rings is 1. The van der Waals surface area contributed by atoms with Crippen molar-refractivity contribution in [3.63, 3.8) is 0 Å². The second-order valence-electron chi connectivity index (χ2n) is 5.89. The fraction of sp³-hybridized carbons (Fsp3) is 0.412. The van der Waals surface area contributed by atoms with Crippen LogP contribution in [0.3, 0.4) is 0 Å². The van der Waals surface area contributed by atoms with Crippen LogP contribution in [0.25, 0.3) is 10.6 Å². The number of nitrogens with zero attached hydrogens (tertiary/aromatic N) is 2. The molecule has 0 saturated carbocycles. The summed E-state index contributed by atoms with van der Waals surface area (Å²) in [4.78, 5) is 19.9. The Labute approximate surface area is 140 Å². The largest absolute Gasteiger partial charge is 0.497 e. The molecule has 0 fully saturated rings. The SMILES string of the molecule is COc1ccc(-c2nc3c(s2)CN(C(=O)NC(C)C)CC3)cc1. The lowest BCUT2D eigenvalue weighted by Crippen LogP contribution is -2.44. The number of aromatic nitrogens is 1. The molecule has 0 unspecified atom stereocenters. The molecule has 0 atom stereocenters. The van der Waals surface area contributed by atoms with E-state index >= 15 is 0 Å². The smallest absolute Gasteiger partial charge is 0.317 e. The highest BCUT2D eigenvalue weighted by molar-refractivity contribution is 7.15. The zero-order valence-electron chi connectivity index (χ0n) is 13.6. The molecule has 1 aromatic heterocycles. The molecule has 0 saturated heterocycles. The van der Waals surface area contributed by atoms with E-state index in [-0.39, 0.29) is 12.1 Å². The number of rotatable bonds is 3. The highest BCUT2D eigenvalue weighted by Gasteiger charge is 2.24. The van der Waals surface area contributed by atoms with E-state index < -0.39 is 0 Å². The first-order valence-electron chi connectivity index (χ1n) is 7.75. The molecule has 0 bridgehead atoms. The standard InChI is InChI=1S/C17H21N3O2S/c1-11(2)18-17(21)20-9-8-14-15(10-20)23-16(19-14)12-4-6-13(22-3)7-5-12/h4-7,11H,8-10H2,1-3H3,(H,18,21). The van der Waals surface area contributed by atoms with Crippen molar-refractivity contribution in [1.29, 1.82) is 0 Å². The minimum Gasteiger partial charge on any atom is -0.497 e. The molecule has 2 heterocycles. The van der Waals surface area contributed by atoms with Gasteiger partial charge in [0.15, 0.2) is 0 Å². The molecule has 0 aliphatic carbocycles. The monoisotopic (exact) mass is 331 g/mol. The number of thiazole rings is 1. The molecule has 0 radical (unpaired) electrons. The summed E-state index contributed by atoms with van der Waals surface area (Å²) in [6, 6.07) is 8.08. The van der Waals surface area contributed by atoms with E-state index in [1.54, 1.807) is 18.4 Å². The van der Waals surface area contributed by atoms with Gasteiger partial charge in [0, 0.05) is 29.4 Å². The Kier molecular flexibility index (Phi) is 4.52. The Bertz CT molecular complexity index is 694. The molecule has 2 amide bonds. The summed E-state index contributed by atoms with van der Waals surface area (Å²) in [7, 11) is 1.66. The predicted octanol–water partition coefficient (Wildman–Crippen LogP) is 3.29. The van der Waals surface area contributed by atoms with Crippen molar-refractivity contribution in [2.24, 2.45) is 0 Å². The third-order valence-electron chi connectivity index (χ3n) is 3.77. The van der Waals surface area contributed by atoms with Crippen LogP contribution in [0.5, 0.6) is 5.75 Å². The van der Waals surface area contributed by atoms with E-state index in [0.29, 0.717) is 6.54 Å². The second-order valence-corrected chi connectivity index (χ2v) is 6.98. The molecule has 6 heteroatoms. The van der Waals surface area contributed by atoms with Gasteiger partial charge in [-0.15, -0.1) is 11.3 Å². The number of ether oxygens (including phenoxy) is 1. The number of methoxy groups -OCH3 is 1. The molecule has 1 aliphatic heterocycles. The van der Waals surface area contributed by atoms with Crippen molar-refractivity contribution in [1.82, 2.24) is 15.2 Å². The number of hydrogen-bond acceptors (Lipinski definition) is 4. The van der Waals surface area contributed by atoms with Gasteiger partial charge < -0.3 is 15.0 Å². The van der Waals surface area contributed by atoms with Gasteiger partial charge in [0.05, 0.1) is 19.3 Å². The minimum absolute atomic E-state index is 0.00467. The number of carbonyl (C=O) groups excluding carboxylic acids is 1. The Balaban J connectivity index is 1.76. The first-order chi connectivity index (χ1) is 11.1. The first-order valence-corrected chi connectivity index (χ1v) is 8.57. The maximum atomic E-state index is 12.2. The van der Waals surface area contributed by atoms with Gasteiger partial charge in [0.2, 0.25) is 0 Å². The van der Waals surface area contributed by atoms with Crippen LogP contribution in [-0.2, 0) is 13.0 Å². The lowest BCUT2D eigenvalue weighted by molar-refractivity contribution is 0.190. The van der Waals surface area contributed by atoms with E-state index in [9.17, 15) is 4.79 Å². The van der Waals surface area contributed by atoms with Gasteiger partial charge in [-0.05, 0) is 38.1 Å². The fourth-order valence-electron chi connectivity index (χ4n) is 2.56. The third kappa shape index (κ3) is 3.47. The fourth-order valence-corrected chi connectivity index (χ4v) is 3.69. The summed E-state index contributed by atoms with van der Waals surface area (Å²) in [5.41, 5.74) is 2.21. The maximum Gasteiger partial charge on any atom is 0.317 e. The van der Waals surface area contributed by atoms with E-state index in [4.69, 9.17) is 9.72 Å². The summed E-state index contributed by atoms with van der Waals surface area (Å²) >= 11 is 1.67. The Morgan fingerprint density at radius 3 is 2.74 bits per heavy atom. The summed E-state index contributed by atoms with van der Waals surface area (Å²) in [6.45, 7) is 5.31. The van der Waals surface area contributed by atoms with Crippen LogP contribution in [0.1, 0.15) is 24.4 Å². The van der Waals surface area contributed by atoms with Crippen LogP contribution in [0.4, 0.5) is 4.79 Å². The molecular weight excluding hydrogens is 310 g/mol. The highest BCUT2D eigenvalue weighted by atomic mass is 32.1. The van der Waals surface area contributed by atoms with E-state index in [1.807, 2.05) is 43.0 Å². The van der Waals surface area contributed by atoms with E-state index in [0.717, 1.165) is 35.0 Å². The van der Waals surface area contributed by atoms with Crippen LogP contribution >= 0.6 is 11.3 Å². The second kappa shape index (κ2) is 6.58. The summed E-state index contributed by atoms with van der Waals surface area (Å²) in [5, 5.41) is 3.96. The van der Waals surface area contributed by atoms with Crippen molar-refractivity contribution >= 4 is 17.4 Å². The Morgan fingerprint density at radius 1 is 1.35 bits per heavy atom. The van der Waals surface area contributed by atoms with Gasteiger partial charge in [-0.2, -0.15) is 0 Å². The van der Waals surface area contributed by atoms with Gasteiger partial charge >= 0.3 is 6.03 Å². The average Bonchev–Trinajstić information content (AvgIpc) is 2.97. The predicted molar refractivity (Wildman–Crippen MR) is 91.9 cm³/mol. The van der Waals surface area contributed by atoms with E-state index in [1.165, 1.54) is 4.88 Å². The van der Waals surface area contributed by atoms with Crippen molar-refractivity contribution in [2.45, 2.75) is 32.9 Å². The number of carbonyl (C=O) groups is 1. The number of urea groups is 1. The molecule has 122 valence electrons. The third-order valence-corrected chi connectivity index (χ3v) is 4.90. The van der Waals surface area contributed by atoms with Crippen LogP contribution in [-0.4, -0.2) is 35.6 Å². The maximum absolute atomic E-state index is 12.2. The molecule has 3 rings (SSSR count). The molecule has 2 aromatic rings. The van der Waals surface area contributed by atoms with Crippen molar-refractivity contribution in [2.75, 3.05) is 13.7 Å². The van der Waals surface area contributed by atoms with Gasteiger partial charge in [0.25, 0.3) is 0 Å². The molecule has 1 N–H and O–H groups in total. The topological polar surface area (TPSA) is 54.5 Å². The van der Waals surface area contributed by atoms with Gasteiger partial charge in [-0.25, -0.2) is 9.78 Å². The summed E-state index contributed by atoms with van der Waals surface area (Å²) in [6.07, 6.45) is 0.813. The van der Waals surface area contributed by atoms with Gasteiger partial charge in [-0.3, -0.25) is 0 Å².